The molecule has 34 heavy (non-hydrogen) atoms. The maximum atomic E-state index is 13.2. The zero-order chi connectivity index (χ0) is 23.9. The van der Waals surface area contributed by atoms with E-state index < -0.39 is 0 Å². The molecule has 1 aromatic heterocycles. The molecule has 0 aliphatic rings. The average Bonchev–Trinajstić information content (AvgIpc) is 2.87. The van der Waals surface area contributed by atoms with Crippen LogP contribution in [0.25, 0.3) is 10.8 Å². The number of nitrogens with zero attached hydrogens (tertiary/aromatic N) is 2. The topological polar surface area (TPSA) is 71.5 Å². The molecule has 0 saturated heterocycles. The monoisotopic (exact) mass is 469 g/mol. The van der Waals surface area contributed by atoms with Gasteiger partial charge in [-0.3, -0.25) is 15.1 Å². The Morgan fingerprint density at radius 1 is 0.941 bits per heavy atom. The fraction of sp³-hybridized carbons (Fsp3) is 0.111. The SMILES string of the molecule is CCOC(=O)c1ccc(N(Cc2ccncc2)C(=S)NC(=O)c2cccc3ccccc23)cc1. The van der Waals surface area contributed by atoms with Crippen LogP contribution in [-0.4, -0.2) is 28.6 Å². The molecule has 0 aliphatic heterocycles. The van der Waals surface area contributed by atoms with Gasteiger partial charge in [0.15, 0.2) is 5.11 Å². The van der Waals surface area contributed by atoms with Crippen LogP contribution in [0.15, 0.2) is 91.3 Å². The van der Waals surface area contributed by atoms with Crippen molar-refractivity contribution in [2.75, 3.05) is 11.5 Å². The molecular formula is C27H23N3O3S. The first kappa shape index (κ1) is 23.1. The molecule has 0 atom stereocenters. The number of hydrogen-bond donors (Lipinski definition) is 1. The number of carbonyl (C=O) groups is 2. The Hall–Kier alpha value is -4.10. The van der Waals surface area contributed by atoms with Gasteiger partial charge in [-0.1, -0.05) is 36.4 Å². The first-order valence-electron chi connectivity index (χ1n) is 10.8. The third-order valence-electron chi connectivity index (χ3n) is 5.28. The average molecular weight is 470 g/mol. The first-order valence-corrected chi connectivity index (χ1v) is 11.2. The van der Waals surface area contributed by atoms with Gasteiger partial charge in [0.2, 0.25) is 0 Å². The van der Waals surface area contributed by atoms with E-state index in [0.717, 1.165) is 22.0 Å². The van der Waals surface area contributed by atoms with Crippen molar-refractivity contribution in [2.24, 2.45) is 0 Å². The highest BCUT2D eigenvalue weighted by molar-refractivity contribution is 7.80. The zero-order valence-electron chi connectivity index (χ0n) is 18.6. The van der Waals surface area contributed by atoms with Gasteiger partial charge >= 0.3 is 5.97 Å². The molecule has 0 bridgehead atoms. The number of ether oxygens (including phenoxy) is 1. The van der Waals surface area contributed by atoms with E-state index in [1.54, 1.807) is 49.6 Å². The molecule has 0 spiro atoms. The summed E-state index contributed by atoms with van der Waals surface area (Å²) in [5.41, 5.74) is 2.68. The van der Waals surface area contributed by atoms with Crippen LogP contribution in [0.3, 0.4) is 0 Å². The van der Waals surface area contributed by atoms with Crippen molar-refractivity contribution in [3.63, 3.8) is 0 Å². The van der Waals surface area contributed by atoms with Crippen LogP contribution in [0, 0.1) is 0 Å². The third-order valence-corrected chi connectivity index (χ3v) is 5.60. The number of thiocarbonyl (C=S) groups is 1. The number of hydrogen-bond acceptors (Lipinski definition) is 5. The predicted octanol–water partition coefficient (Wildman–Crippen LogP) is 5.13. The molecule has 4 rings (SSSR count). The normalized spacial score (nSPS) is 10.5. The minimum Gasteiger partial charge on any atom is -0.462 e. The largest absolute Gasteiger partial charge is 0.462 e. The Morgan fingerprint density at radius 3 is 2.38 bits per heavy atom. The van der Waals surface area contributed by atoms with E-state index in [1.807, 2.05) is 53.4 Å². The summed E-state index contributed by atoms with van der Waals surface area (Å²) < 4.78 is 5.07. The number of anilines is 1. The fourth-order valence-electron chi connectivity index (χ4n) is 3.60. The van der Waals surface area contributed by atoms with Crippen molar-refractivity contribution in [1.82, 2.24) is 10.3 Å². The molecule has 7 heteroatoms. The molecule has 0 fully saturated rings. The standard InChI is InChI=1S/C27H23N3O3S/c1-2-33-26(32)21-10-12-22(13-11-21)30(18-19-14-16-28-17-15-19)27(34)29-25(31)24-9-5-7-20-6-3-4-8-23(20)24/h3-17H,2,18H2,1H3,(H,29,31,34). The molecule has 4 aromatic rings. The number of esters is 1. The summed E-state index contributed by atoms with van der Waals surface area (Å²) >= 11 is 5.67. The minimum atomic E-state index is -0.387. The van der Waals surface area contributed by atoms with Crippen LogP contribution < -0.4 is 10.2 Å². The Bertz CT molecular complexity index is 1320. The summed E-state index contributed by atoms with van der Waals surface area (Å²) in [7, 11) is 0. The summed E-state index contributed by atoms with van der Waals surface area (Å²) in [5.74, 6) is -0.675. The zero-order valence-corrected chi connectivity index (χ0v) is 19.4. The Balaban J connectivity index is 1.61. The number of carbonyl (C=O) groups excluding carboxylic acids is 2. The van der Waals surface area contributed by atoms with Gasteiger partial charge in [-0.15, -0.1) is 0 Å². The van der Waals surface area contributed by atoms with Crippen LogP contribution in [-0.2, 0) is 11.3 Å². The van der Waals surface area contributed by atoms with Crippen LogP contribution in [0.1, 0.15) is 33.2 Å². The number of pyridine rings is 1. The smallest absolute Gasteiger partial charge is 0.338 e. The van der Waals surface area contributed by atoms with Crippen LogP contribution in [0.4, 0.5) is 5.69 Å². The summed E-state index contributed by atoms with van der Waals surface area (Å²) in [6, 6.07) is 24.0. The van der Waals surface area contributed by atoms with Crippen molar-refractivity contribution in [2.45, 2.75) is 13.5 Å². The van der Waals surface area contributed by atoms with Crippen molar-refractivity contribution in [1.29, 1.82) is 0 Å². The van der Waals surface area contributed by atoms with Crippen molar-refractivity contribution < 1.29 is 14.3 Å². The van der Waals surface area contributed by atoms with Gasteiger partial charge in [0.25, 0.3) is 5.91 Å². The Labute approximate surface area is 203 Å². The lowest BCUT2D eigenvalue weighted by atomic mass is 10.0. The van der Waals surface area contributed by atoms with Gasteiger partial charge in [-0.05, 0) is 77.9 Å². The number of fused-ring (bicyclic) bond motifs is 1. The van der Waals surface area contributed by atoms with Crippen LogP contribution in [0.2, 0.25) is 0 Å². The van der Waals surface area contributed by atoms with E-state index in [0.29, 0.717) is 24.3 Å². The molecule has 0 unspecified atom stereocenters. The molecule has 1 amide bonds. The molecule has 1 N–H and O–H groups in total. The maximum absolute atomic E-state index is 13.2. The summed E-state index contributed by atoms with van der Waals surface area (Å²) in [6.45, 7) is 2.48. The van der Waals surface area contributed by atoms with Gasteiger partial charge in [-0.2, -0.15) is 0 Å². The lowest BCUT2D eigenvalue weighted by Crippen LogP contribution is -2.42. The third kappa shape index (κ3) is 5.27. The van der Waals surface area contributed by atoms with E-state index in [4.69, 9.17) is 17.0 Å². The van der Waals surface area contributed by atoms with Gasteiger partial charge < -0.3 is 9.64 Å². The predicted molar refractivity (Wildman–Crippen MR) is 137 cm³/mol. The maximum Gasteiger partial charge on any atom is 0.338 e. The van der Waals surface area contributed by atoms with E-state index >= 15 is 0 Å². The molecular weight excluding hydrogens is 446 g/mol. The molecule has 0 saturated carbocycles. The summed E-state index contributed by atoms with van der Waals surface area (Å²) in [6.07, 6.45) is 3.41. The number of rotatable bonds is 6. The highest BCUT2D eigenvalue weighted by atomic mass is 32.1. The number of benzene rings is 3. The van der Waals surface area contributed by atoms with E-state index in [-0.39, 0.29) is 17.0 Å². The highest BCUT2D eigenvalue weighted by Gasteiger charge is 2.18. The molecule has 6 nitrogen and oxygen atoms in total. The first-order chi connectivity index (χ1) is 16.6. The number of nitrogens with one attached hydrogen (secondary N) is 1. The minimum absolute atomic E-state index is 0.249. The summed E-state index contributed by atoms with van der Waals surface area (Å²) in [4.78, 5) is 31.1. The van der Waals surface area contributed by atoms with Gasteiger partial charge in [-0.25, -0.2) is 4.79 Å². The highest BCUT2D eigenvalue weighted by Crippen LogP contribution is 2.21. The van der Waals surface area contributed by atoms with Crippen LogP contribution >= 0.6 is 12.2 Å². The van der Waals surface area contributed by atoms with Crippen LogP contribution in [0.5, 0.6) is 0 Å². The van der Waals surface area contributed by atoms with E-state index in [2.05, 4.69) is 10.3 Å². The number of aromatic nitrogens is 1. The quantitative estimate of drug-likeness (QED) is 0.312. The van der Waals surface area contributed by atoms with E-state index in [1.165, 1.54) is 0 Å². The van der Waals surface area contributed by atoms with E-state index in [9.17, 15) is 9.59 Å². The van der Waals surface area contributed by atoms with Crippen molar-refractivity contribution in [3.05, 3.63) is 108 Å². The Kier molecular flexibility index (Phi) is 7.25. The number of amides is 1. The lowest BCUT2D eigenvalue weighted by Gasteiger charge is -2.26. The van der Waals surface area contributed by atoms with Crippen molar-refractivity contribution >= 4 is 45.7 Å². The van der Waals surface area contributed by atoms with Gasteiger partial charge in [0.05, 0.1) is 18.7 Å². The van der Waals surface area contributed by atoms with Gasteiger partial charge in [0.1, 0.15) is 0 Å². The van der Waals surface area contributed by atoms with Crippen molar-refractivity contribution in [3.8, 4) is 0 Å². The van der Waals surface area contributed by atoms with Gasteiger partial charge in [0, 0.05) is 23.6 Å². The molecule has 3 aromatic carbocycles. The molecule has 0 radical (unpaired) electrons. The summed E-state index contributed by atoms with van der Waals surface area (Å²) in [5, 5.41) is 4.95. The fourth-order valence-corrected chi connectivity index (χ4v) is 3.86. The second-order valence-electron chi connectivity index (χ2n) is 7.49. The lowest BCUT2D eigenvalue weighted by molar-refractivity contribution is 0.0526. The Morgan fingerprint density at radius 2 is 1.65 bits per heavy atom. The molecule has 0 aliphatic carbocycles. The molecule has 170 valence electrons. The molecule has 1 heterocycles. The second-order valence-corrected chi connectivity index (χ2v) is 7.88. The second kappa shape index (κ2) is 10.7.